The van der Waals surface area contributed by atoms with Crippen LogP contribution in [0.1, 0.15) is 18.6 Å². The molecule has 1 atom stereocenters. The lowest BCUT2D eigenvalue weighted by molar-refractivity contribution is -0.131. The number of carbonyl (C=O) groups is 1. The summed E-state index contributed by atoms with van der Waals surface area (Å²) in [5, 5.41) is 12.8. The molecule has 7 heteroatoms. The molecule has 0 aliphatic carbocycles. The summed E-state index contributed by atoms with van der Waals surface area (Å²) in [5.41, 5.74) is -1.35. The molecule has 3 rings (SSSR count). The minimum atomic E-state index is -1.04. The highest BCUT2D eigenvalue weighted by molar-refractivity contribution is 5.76. The fourth-order valence-corrected chi connectivity index (χ4v) is 2.75. The number of H-pyrrole nitrogens is 1. The third-order valence-corrected chi connectivity index (χ3v) is 4.10. The van der Waals surface area contributed by atoms with Crippen LogP contribution < -0.4 is 10.3 Å². The number of para-hydroxylation sites is 1. The number of hydrogen-bond donors (Lipinski definition) is 2. The maximum atomic E-state index is 12.2. The van der Waals surface area contributed by atoms with Crippen LogP contribution in [0.3, 0.4) is 0 Å². The van der Waals surface area contributed by atoms with Crippen LogP contribution in [0.15, 0.2) is 45.7 Å². The van der Waals surface area contributed by atoms with Gasteiger partial charge in [0.1, 0.15) is 23.7 Å². The standard InChI is InChI=1S/C17H20N2O5/c20-15-10-14(24-18-15)6-7-16(21)19-9-8-17(22,11-19)12-23-13-4-2-1-3-5-13/h1-5,10,22H,6-9,11-12H2,(H,18,20)/t17-/m0/s1. The minimum Gasteiger partial charge on any atom is -0.491 e. The molecule has 0 radical (unpaired) electrons. The van der Waals surface area contributed by atoms with Crippen molar-refractivity contribution in [3.8, 4) is 5.75 Å². The minimum absolute atomic E-state index is 0.0746. The number of likely N-dealkylation sites (tertiary alicyclic amines) is 1. The summed E-state index contributed by atoms with van der Waals surface area (Å²) in [6.07, 6.45) is 1.06. The molecule has 1 aromatic carbocycles. The van der Waals surface area contributed by atoms with E-state index in [1.165, 1.54) is 6.07 Å². The van der Waals surface area contributed by atoms with Crippen LogP contribution in [-0.4, -0.2) is 46.4 Å². The number of ether oxygens (including phenoxy) is 1. The maximum Gasteiger partial charge on any atom is 0.280 e. The molecule has 1 aromatic heterocycles. The predicted molar refractivity (Wildman–Crippen MR) is 85.7 cm³/mol. The Labute approximate surface area is 138 Å². The lowest BCUT2D eigenvalue weighted by Gasteiger charge is -2.23. The molecule has 0 bridgehead atoms. The average molecular weight is 332 g/mol. The number of amides is 1. The van der Waals surface area contributed by atoms with Crippen LogP contribution in [0.4, 0.5) is 0 Å². The molecule has 1 saturated heterocycles. The van der Waals surface area contributed by atoms with Crippen molar-refractivity contribution >= 4 is 5.91 Å². The van der Waals surface area contributed by atoms with Gasteiger partial charge >= 0.3 is 0 Å². The molecular weight excluding hydrogens is 312 g/mol. The third kappa shape index (κ3) is 4.05. The van der Waals surface area contributed by atoms with Gasteiger partial charge in [0, 0.05) is 25.5 Å². The number of aryl methyl sites for hydroxylation is 1. The summed E-state index contributed by atoms with van der Waals surface area (Å²) in [6, 6.07) is 10.6. The van der Waals surface area contributed by atoms with E-state index < -0.39 is 5.60 Å². The van der Waals surface area contributed by atoms with Crippen LogP contribution in [0.5, 0.6) is 5.75 Å². The molecule has 0 saturated carbocycles. The SMILES string of the molecule is O=C(CCc1cc(=O)[nH]o1)N1CC[C@@](O)(COc2ccccc2)C1. The van der Waals surface area contributed by atoms with E-state index in [1.807, 2.05) is 30.3 Å². The summed E-state index contributed by atoms with van der Waals surface area (Å²) in [7, 11) is 0. The Morgan fingerprint density at radius 3 is 2.88 bits per heavy atom. The summed E-state index contributed by atoms with van der Waals surface area (Å²) >= 11 is 0. The van der Waals surface area contributed by atoms with E-state index in [9.17, 15) is 14.7 Å². The molecule has 128 valence electrons. The van der Waals surface area contributed by atoms with Gasteiger partial charge in [0.15, 0.2) is 0 Å². The Morgan fingerprint density at radius 1 is 1.38 bits per heavy atom. The Hall–Kier alpha value is -2.54. The quantitative estimate of drug-likeness (QED) is 0.821. The molecule has 1 fully saturated rings. The van der Waals surface area contributed by atoms with Gasteiger partial charge in [-0.25, -0.2) is 0 Å². The average Bonchev–Trinajstić information content (AvgIpc) is 3.18. The smallest absolute Gasteiger partial charge is 0.280 e. The first-order valence-electron chi connectivity index (χ1n) is 7.89. The molecule has 0 unspecified atom stereocenters. The number of aromatic amines is 1. The van der Waals surface area contributed by atoms with Crippen molar-refractivity contribution in [2.45, 2.75) is 24.9 Å². The van der Waals surface area contributed by atoms with Crippen molar-refractivity contribution in [3.05, 3.63) is 52.5 Å². The number of β-amino-alcohol motifs (C(OH)–C–C–N with tert-alkyl or cyclic N) is 1. The van der Waals surface area contributed by atoms with E-state index in [-0.39, 0.29) is 31.0 Å². The topological polar surface area (TPSA) is 95.8 Å². The maximum absolute atomic E-state index is 12.2. The zero-order valence-corrected chi connectivity index (χ0v) is 13.2. The Balaban J connectivity index is 1.48. The van der Waals surface area contributed by atoms with Crippen molar-refractivity contribution in [2.24, 2.45) is 0 Å². The van der Waals surface area contributed by atoms with Crippen molar-refractivity contribution in [3.63, 3.8) is 0 Å². The number of rotatable bonds is 6. The van der Waals surface area contributed by atoms with Gasteiger partial charge < -0.3 is 19.3 Å². The van der Waals surface area contributed by atoms with E-state index in [0.29, 0.717) is 30.9 Å². The van der Waals surface area contributed by atoms with E-state index in [0.717, 1.165) is 0 Å². The first-order valence-corrected chi connectivity index (χ1v) is 7.89. The van der Waals surface area contributed by atoms with Gasteiger partial charge in [-0.1, -0.05) is 18.2 Å². The molecule has 2 N–H and O–H groups in total. The Bertz CT molecular complexity index is 739. The highest BCUT2D eigenvalue weighted by Gasteiger charge is 2.38. The van der Waals surface area contributed by atoms with Crippen molar-refractivity contribution in [1.82, 2.24) is 10.1 Å². The van der Waals surface area contributed by atoms with Gasteiger partial charge in [0.2, 0.25) is 5.91 Å². The normalized spacial score (nSPS) is 20.3. The number of carbonyl (C=O) groups excluding carboxylic acids is 1. The second-order valence-electron chi connectivity index (χ2n) is 6.07. The fourth-order valence-electron chi connectivity index (χ4n) is 2.75. The second-order valence-corrected chi connectivity index (χ2v) is 6.07. The number of nitrogens with zero attached hydrogens (tertiary/aromatic N) is 1. The molecule has 0 spiro atoms. The van der Waals surface area contributed by atoms with Gasteiger partial charge in [-0.2, -0.15) is 5.16 Å². The molecular formula is C17H20N2O5. The lowest BCUT2D eigenvalue weighted by Crippen LogP contribution is -2.40. The highest BCUT2D eigenvalue weighted by atomic mass is 16.5. The summed E-state index contributed by atoms with van der Waals surface area (Å²) in [6.45, 7) is 0.883. The summed E-state index contributed by atoms with van der Waals surface area (Å²) in [4.78, 5) is 24.8. The van der Waals surface area contributed by atoms with Crippen LogP contribution in [-0.2, 0) is 11.2 Å². The Morgan fingerprint density at radius 2 is 2.17 bits per heavy atom. The summed E-state index contributed by atoms with van der Waals surface area (Å²) < 4.78 is 10.5. The zero-order chi connectivity index (χ0) is 17.0. The second kappa shape index (κ2) is 6.92. The van der Waals surface area contributed by atoms with Crippen LogP contribution in [0.2, 0.25) is 0 Å². The largest absolute Gasteiger partial charge is 0.491 e. The van der Waals surface area contributed by atoms with Gasteiger partial charge in [0.25, 0.3) is 5.56 Å². The zero-order valence-electron chi connectivity index (χ0n) is 13.2. The highest BCUT2D eigenvalue weighted by Crippen LogP contribution is 2.23. The van der Waals surface area contributed by atoms with Crippen LogP contribution in [0, 0.1) is 0 Å². The predicted octanol–water partition coefficient (Wildman–Crippen LogP) is 0.943. The van der Waals surface area contributed by atoms with E-state index >= 15 is 0 Å². The van der Waals surface area contributed by atoms with Gasteiger partial charge in [0.05, 0.1) is 6.54 Å². The third-order valence-electron chi connectivity index (χ3n) is 4.10. The number of aromatic nitrogens is 1. The first kappa shape index (κ1) is 16.3. The molecule has 24 heavy (non-hydrogen) atoms. The van der Waals surface area contributed by atoms with Crippen molar-refractivity contribution < 1.29 is 19.2 Å². The number of benzene rings is 1. The number of nitrogens with one attached hydrogen (secondary N) is 1. The molecule has 1 amide bonds. The monoisotopic (exact) mass is 332 g/mol. The summed E-state index contributed by atoms with van der Waals surface area (Å²) in [5.74, 6) is 1.07. The van der Waals surface area contributed by atoms with Gasteiger partial charge in [-0.3, -0.25) is 9.59 Å². The first-order chi connectivity index (χ1) is 11.5. The van der Waals surface area contributed by atoms with Crippen LogP contribution >= 0.6 is 0 Å². The lowest BCUT2D eigenvalue weighted by atomic mass is 10.1. The van der Waals surface area contributed by atoms with E-state index in [4.69, 9.17) is 9.26 Å². The molecule has 7 nitrogen and oxygen atoms in total. The molecule has 1 aliphatic heterocycles. The molecule has 2 aromatic rings. The fraction of sp³-hybridized carbons (Fsp3) is 0.412. The van der Waals surface area contributed by atoms with Crippen LogP contribution in [0.25, 0.3) is 0 Å². The van der Waals surface area contributed by atoms with Crippen molar-refractivity contribution in [2.75, 3.05) is 19.7 Å². The number of hydrogen-bond acceptors (Lipinski definition) is 5. The van der Waals surface area contributed by atoms with E-state index in [2.05, 4.69) is 5.16 Å². The Kier molecular flexibility index (Phi) is 4.71. The van der Waals surface area contributed by atoms with E-state index in [1.54, 1.807) is 4.90 Å². The molecule has 1 aliphatic rings. The van der Waals surface area contributed by atoms with Crippen molar-refractivity contribution in [1.29, 1.82) is 0 Å². The number of aliphatic hydroxyl groups is 1. The molecule has 2 heterocycles. The van der Waals surface area contributed by atoms with Gasteiger partial charge in [-0.05, 0) is 18.6 Å². The van der Waals surface area contributed by atoms with Gasteiger partial charge in [-0.15, -0.1) is 0 Å².